The van der Waals surface area contributed by atoms with Gasteiger partial charge in [0.25, 0.3) is 0 Å². The second kappa shape index (κ2) is 12.3. The number of benzene rings is 1. The summed E-state index contributed by atoms with van der Waals surface area (Å²) >= 11 is 0. The summed E-state index contributed by atoms with van der Waals surface area (Å²) < 4.78 is 5.28. The van der Waals surface area contributed by atoms with Gasteiger partial charge in [0.1, 0.15) is 5.75 Å². The molecule has 2 rings (SSSR count). The molecule has 0 bridgehead atoms. The van der Waals surface area contributed by atoms with Crippen molar-refractivity contribution in [3.8, 4) is 5.75 Å². The molecule has 0 spiro atoms. The second-order valence-corrected chi connectivity index (χ2v) is 6.19. The second-order valence-electron chi connectivity index (χ2n) is 6.19. The summed E-state index contributed by atoms with van der Waals surface area (Å²) in [6, 6.07) is 8.42. The van der Waals surface area contributed by atoms with E-state index in [0.29, 0.717) is 0 Å². The van der Waals surface area contributed by atoms with Crippen molar-refractivity contribution in [1.29, 1.82) is 0 Å². The predicted molar refractivity (Wildman–Crippen MR) is 99.8 cm³/mol. The fourth-order valence-electron chi connectivity index (χ4n) is 2.83. The summed E-state index contributed by atoms with van der Waals surface area (Å²) in [5, 5.41) is 14.8. The first-order valence-electron chi connectivity index (χ1n) is 9.00. The van der Waals surface area contributed by atoms with Gasteiger partial charge in [-0.15, -0.1) is 0 Å². The molecule has 0 aromatic heterocycles. The Kier molecular flexibility index (Phi) is 10.3. The van der Waals surface area contributed by atoms with Crippen molar-refractivity contribution in [1.82, 2.24) is 9.80 Å². The third kappa shape index (κ3) is 8.82. The van der Waals surface area contributed by atoms with Crippen LogP contribution in [-0.4, -0.2) is 78.3 Å². The number of carboxylic acids is 2. The van der Waals surface area contributed by atoms with Crippen molar-refractivity contribution in [3.05, 3.63) is 29.8 Å². The summed E-state index contributed by atoms with van der Waals surface area (Å²) in [4.78, 5) is 23.3. The van der Waals surface area contributed by atoms with E-state index in [1.54, 1.807) is 7.11 Å². The number of methoxy groups -OCH3 is 1. The molecule has 1 fully saturated rings. The van der Waals surface area contributed by atoms with E-state index in [0.717, 1.165) is 25.3 Å². The van der Waals surface area contributed by atoms with E-state index in [1.165, 1.54) is 44.6 Å². The van der Waals surface area contributed by atoms with Crippen LogP contribution in [0.4, 0.5) is 0 Å². The van der Waals surface area contributed by atoms with Gasteiger partial charge in [0.05, 0.1) is 7.11 Å². The fourth-order valence-corrected chi connectivity index (χ4v) is 2.83. The highest BCUT2D eigenvalue weighted by Crippen LogP contribution is 2.13. The highest BCUT2D eigenvalue weighted by Gasteiger charge is 2.12. The maximum absolute atomic E-state index is 9.10. The average Bonchev–Trinajstić information content (AvgIpc) is 3.16. The minimum absolute atomic E-state index is 0.961. The van der Waals surface area contributed by atoms with Crippen molar-refractivity contribution in [3.63, 3.8) is 0 Å². The Labute approximate surface area is 155 Å². The Bertz CT molecular complexity index is 547. The van der Waals surface area contributed by atoms with Crippen molar-refractivity contribution in [2.45, 2.75) is 26.2 Å². The number of hydrogen-bond donors (Lipinski definition) is 2. The smallest absolute Gasteiger partial charge is 0.414 e. The maximum Gasteiger partial charge on any atom is 0.414 e. The minimum Gasteiger partial charge on any atom is -0.497 e. The topological polar surface area (TPSA) is 90.3 Å². The van der Waals surface area contributed by atoms with Crippen LogP contribution < -0.4 is 4.74 Å². The number of nitrogens with zero attached hydrogens (tertiary/aromatic N) is 2. The van der Waals surface area contributed by atoms with Gasteiger partial charge < -0.3 is 24.7 Å². The van der Waals surface area contributed by atoms with Crippen molar-refractivity contribution >= 4 is 11.9 Å². The van der Waals surface area contributed by atoms with E-state index < -0.39 is 11.9 Å². The van der Waals surface area contributed by atoms with Crippen LogP contribution in [0.2, 0.25) is 0 Å². The fraction of sp³-hybridized carbons (Fsp3) is 0.579. The molecular formula is C19H30N2O5. The molecule has 0 saturated carbocycles. The highest BCUT2D eigenvalue weighted by molar-refractivity contribution is 6.27. The van der Waals surface area contributed by atoms with E-state index >= 15 is 0 Å². The summed E-state index contributed by atoms with van der Waals surface area (Å²) in [6.45, 7) is 9.55. The standard InChI is InChI=1S/C17H28N2O.C2H2O4/c1-3-18(13-14-19-10-4-5-11-19)12-9-16-7-6-8-17(15-16)20-2;3-1(4)2(5)6/h6-8,15H,3-5,9-14H2,1-2H3;(H,3,4)(H,5,6). The molecule has 1 aliphatic heterocycles. The molecule has 1 heterocycles. The summed E-state index contributed by atoms with van der Waals surface area (Å²) in [5.74, 6) is -2.69. The van der Waals surface area contributed by atoms with E-state index in [4.69, 9.17) is 24.5 Å². The van der Waals surface area contributed by atoms with Crippen LogP contribution in [0.15, 0.2) is 24.3 Å². The molecule has 1 aliphatic rings. The molecule has 0 radical (unpaired) electrons. The third-order valence-electron chi connectivity index (χ3n) is 4.41. The molecule has 0 amide bonds. The predicted octanol–water partition coefficient (Wildman–Crippen LogP) is 1.81. The van der Waals surface area contributed by atoms with Crippen LogP contribution >= 0.6 is 0 Å². The number of aliphatic carboxylic acids is 2. The largest absolute Gasteiger partial charge is 0.497 e. The van der Waals surface area contributed by atoms with E-state index in [1.807, 2.05) is 6.07 Å². The molecular weight excluding hydrogens is 336 g/mol. The molecule has 0 unspecified atom stereocenters. The quantitative estimate of drug-likeness (QED) is 0.678. The number of hydrogen-bond acceptors (Lipinski definition) is 5. The Balaban J connectivity index is 0.000000487. The number of likely N-dealkylation sites (N-methyl/N-ethyl adjacent to an activating group) is 1. The number of carboxylic acid groups (broad SMARTS) is 2. The maximum atomic E-state index is 9.10. The van der Waals surface area contributed by atoms with Gasteiger partial charge in [-0.3, -0.25) is 0 Å². The molecule has 0 aliphatic carbocycles. The average molecular weight is 366 g/mol. The molecule has 1 saturated heterocycles. The van der Waals surface area contributed by atoms with Crippen LogP contribution in [0.1, 0.15) is 25.3 Å². The first kappa shape index (κ1) is 21.9. The summed E-state index contributed by atoms with van der Waals surface area (Å²) in [7, 11) is 1.73. The van der Waals surface area contributed by atoms with Crippen LogP contribution in [0, 0.1) is 0 Å². The monoisotopic (exact) mass is 366 g/mol. The van der Waals surface area contributed by atoms with Crippen molar-refractivity contribution in [2.24, 2.45) is 0 Å². The normalized spacial score (nSPS) is 14.0. The van der Waals surface area contributed by atoms with Crippen LogP contribution in [0.5, 0.6) is 5.75 Å². The Morgan fingerprint density at radius 3 is 2.35 bits per heavy atom. The lowest BCUT2D eigenvalue weighted by atomic mass is 10.1. The molecule has 0 atom stereocenters. The van der Waals surface area contributed by atoms with Gasteiger partial charge in [-0.1, -0.05) is 19.1 Å². The van der Waals surface area contributed by atoms with Crippen LogP contribution in [-0.2, 0) is 16.0 Å². The lowest BCUT2D eigenvalue weighted by Gasteiger charge is -2.24. The van der Waals surface area contributed by atoms with Gasteiger partial charge >= 0.3 is 11.9 Å². The minimum atomic E-state index is -1.82. The molecule has 1 aromatic rings. The van der Waals surface area contributed by atoms with Gasteiger partial charge in [-0.2, -0.15) is 0 Å². The van der Waals surface area contributed by atoms with Gasteiger partial charge in [0.15, 0.2) is 0 Å². The van der Waals surface area contributed by atoms with Crippen LogP contribution in [0.25, 0.3) is 0 Å². The molecule has 7 heteroatoms. The zero-order chi connectivity index (χ0) is 19.4. The zero-order valence-electron chi connectivity index (χ0n) is 15.7. The Morgan fingerprint density at radius 1 is 1.15 bits per heavy atom. The number of likely N-dealkylation sites (tertiary alicyclic amines) is 1. The van der Waals surface area contributed by atoms with Gasteiger partial charge in [-0.25, -0.2) is 9.59 Å². The van der Waals surface area contributed by atoms with Crippen LogP contribution in [0.3, 0.4) is 0 Å². The zero-order valence-corrected chi connectivity index (χ0v) is 15.7. The van der Waals surface area contributed by atoms with E-state index in [-0.39, 0.29) is 0 Å². The van der Waals surface area contributed by atoms with E-state index in [9.17, 15) is 0 Å². The van der Waals surface area contributed by atoms with E-state index in [2.05, 4.69) is 34.9 Å². The Morgan fingerprint density at radius 2 is 1.81 bits per heavy atom. The third-order valence-corrected chi connectivity index (χ3v) is 4.41. The molecule has 7 nitrogen and oxygen atoms in total. The lowest BCUT2D eigenvalue weighted by Crippen LogP contribution is -2.34. The molecule has 1 aromatic carbocycles. The molecule has 146 valence electrons. The highest BCUT2D eigenvalue weighted by atomic mass is 16.5. The van der Waals surface area contributed by atoms with Crippen molar-refractivity contribution in [2.75, 3.05) is 46.4 Å². The number of rotatable bonds is 8. The Hall–Kier alpha value is -2.12. The number of carbonyl (C=O) groups is 2. The first-order valence-corrected chi connectivity index (χ1v) is 9.00. The molecule has 26 heavy (non-hydrogen) atoms. The van der Waals surface area contributed by atoms with Gasteiger partial charge in [-0.05, 0) is 56.6 Å². The summed E-state index contributed by atoms with van der Waals surface area (Å²) in [5.41, 5.74) is 1.36. The first-order chi connectivity index (χ1) is 12.5. The van der Waals surface area contributed by atoms with Gasteiger partial charge in [0.2, 0.25) is 0 Å². The van der Waals surface area contributed by atoms with Crippen molar-refractivity contribution < 1.29 is 24.5 Å². The molecule has 2 N–H and O–H groups in total. The SMILES string of the molecule is CCN(CCc1cccc(OC)c1)CCN1CCCC1.O=C(O)C(=O)O. The number of ether oxygens (including phenoxy) is 1. The van der Waals surface area contributed by atoms with Gasteiger partial charge in [0, 0.05) is 19.6 Å². The summed E-state index contributed by atoms with van der Waals surface area (Å²) in [6.07, 6.45) is 3.87. The lowest BCUT2D eigenvalue weighted by molar-refractivity contribution is -0.159.